The number of anilines is 1. The van der Waals surface area contributed by atoms with Gasteiger partial charge in [0.2, 0.25) is 0 Å². The van der Waals surface area contributed by atoms with Gasteiger partial charge >= 0.3 is 0 Å². The van der Waals surface area contributed by atoms with E-state index in [1.54, 1.807) is 43.5 Å². The average Bonchev–Trinajstić information content (AvgIpc) is 2.40. The summed E-state index contributed by atoms with van der Waals surface area (Å²) in [6, 6.07) is 10.5. The van der Waals surface area contributed by atoms with E-state index in [1.807, 2.05) is 6.92 Å². The van der Waals surface area contributed by atoms with Crippen LogP contribution in [0.5, 0.6) is 5.75 Å². The summed E-state index contributed by atoms with van der Waals surface area (Å²) in [5.74, 6) is 0.454. The van der Waals surface area contributed by atoms with Gasteiger partial charge in [-0.3, -0.25) is 4.79 Å². The molecule has 5 nitrogen and oxygen atoms in total. The summed E-state index contributed by atoms with van der Waals surface area (Å²) in [7, 11) is 1.59. The van der Waals surface area contributed by atoms with Crippen LogP contribution in [-0.2, 0) is 0 Å². The maximum Gasteiger partial charge on any atom is 0.276 e. The number of nitrogens with zero attached hydrogens (tertiary/aromatic N) is 2. The second kappa shape index (κ2) is 5.27. The number of hydrogen-bond acceptors (Lipinski definition) is 4. The number of methoxy groups -OCH3 is 1. The van der Waals surface area contributed by atoms with E-state index < -0.39 is 0 Å². The molecule has 92 valence electrons. The lowest BCUT2D eigenvalue weighted by Crippen LogP contribution is -2.14. The van der Waals surface area contributed by atoms with E-state index in [1.165, 1.54) is 0 Å². The van der Waals surface area contributed by atoms with Crippen molar-refractivity contribution >= 4 is 11.6 Å². The summed E-state index contributed by atoms with van der Waals surface area (Å²) in [5.41, 5.74) is 1.75. The van der Waals surface area contributed by atoms with Crippen molar-refractivity contribution in [2.45, 2.75) is 6.92 Å². The fourth-order valence-corrected chi connectivity index (χ4v) is 1.39. The van der Waals surface area contributed by atoms with Crippen molar-refractivity contribution in [2.75, 3.05) is 12.4 Å². The van der Waals surface area contributed by atoms with Gasteiger partial charge in [-0.15, -0.1) is 5.10 Å². The van der Waals surface area contributed by atoms with Gasteiger partial charge in [0.1, 0.15) is 5.75 Å². The first-order valence-electron chi connectivity index (χ1n) is 5.45. The summed E-state index contributed by atoms with van der Waals surface area (Å²) >= 11 is 0. The monoisotopic (exact) mass is 243 g/mol. The van der Waals surface area contributed by atoms with Crippen LogP contribution >= 0.6 is 0 Å². The largest absolute Gasteiger partial charge is 0.497 e. The maximum absolute atomic E-state index is 11.8. The van der Waals surface area contributed by atoms with Crippen LogP contribution in [0.25, 0.3) is 0 Å². The topological polar surface area (TPSA) is 64.1 Å². The molecule has 0 aliphatic heterocycles. The van der Waals surface area contributed by atoms with Crippen molar-refractivity contribution in [3.05, 3.63) is 47.8 Å². The number of carbonyl (C=O) groups is 1. The Morgan fingerprint density at radius 3 is 2.39 bits per heavy atom. The first kappa shape index (κ1) is 12.0. The summed E-state index contributed by atoms with van der Waals surface area (Å²) in [4.78, 5) is 11.8. The fourth-order valence-electron chi connectivity index (χ4n) is 1.39. The Morgan fingerprint density at radius 2 is 1.83 bits per heavy atom. The van der Waals surface area contributed by atoms with Crippen LogP contribution in [-0.4, -0.2) is 23.2 Å². The lowest BCUT2D eigenvalue weighted by Gasteiger charge is -2.05. The fraction of sp³-hybridized carbons (Fsp3) is 0.154. The lowest BCUT2D eigenvalue weighted by molar-refractivity contribution is 0.102. The number of hydrogen-bond donors (Lipinski definition) is 1. The van der Waals surface area contributed by atoms with Crippen LogP contribution in [0.15, 0.2) is 36.4 Å². The van der Waals surface area contributed by atoms with E-state index in [0.717, 1.165) is 11.4 Å². The molecule has 0 unspecified atom stereocenters. The number of ether oxygens (including phenoxy) is 1. The molecule has 5 heteroatoms. The minimum atomic E-state index is -0.285. The van der Waals surface area contributed by atoms with Gasteiger partial charge in [0.15, 0.2) is 5.69 Å². The molecule has 1 aromatic heterocycles. The molecule has 0 atom stereocenters. The standard InChI is InChI=1S/C13H13N3O2/c1-9-3-8-12(16-15-9)13(17)14-10-4-6-11(18-2)7-5-10/h3-8H,1-2H3,(H,14,17). The van der Waals surface area contributed by atoms with Gasteiger partial charge in [-0.25, -0.2) is 0 Å². The molecule has 18 heavy (non-hydrogen) atoms. The first-order chi connectivity index (χ1) is 8.69. The molecular weight excluding hydrogens is 230 g/mol. The molecule has 0 radical (unpaired) electrons. The number of carbonyl (C=O) groups excluding carboxylic acids is 1. The second-order valence-corrected chi connectivity index (χ2v) is 3.74. The highest BCUT2D eigenvalue weighted by atomic mass is 16.5. The van der Waals surface area contributed by atoms with Crippen LogP contribution in [0.3, 0.4) is 0 Å². The van der Waals surface area contributed by atoms with Crippen LogP contribution in [0, 0.1) is 6.92 Å². The van der Waals surface area contributed by atoms with Crippen molar-refractivity contribution in [2.24, 2.45) is 0 Å². The smallest absolute Gasteiger partial charge is 0.276 e. The predicted octanol–water partition coefficient (Wildman–Crippen LogP) is 2.05. The molecule has 0 spiro atoms. The highest BCUT2D eigenvalue weighted by Crippen LogP contribution is 2.15. The molecule has 2 rings (SSSR count). The maximum atomic E-state index is 11.8. The van der Waals surface area contributed by atoms with E-state index in [2.05, 4.69) is 15.5 Å². The number of benzene rings is 1. The Morgan fingerprint density at radius 1 is 1.11 bits per heavy atom. The van der Waals surface area contributed by atoms with Crippen LogP contribution in [0.2, 0.25) is 0 Å². The molecule has 0 saturated heterocycles. The van der Waals surface area contributed by atoms with E-state index in [4.69, 9.17) is 4.74 Å². The van der Waals surface area contributed by atoms with E-state index >= 15 is 0 Å². The van der Waals surface area contributed by atoms with E-state index in [-0.39, 0.29) is 11.6 Å². The van der Waals surface area contributed by atoms with Crippen molar-refractivity contribution in [1.29, 1.82) is 0 Å². The molecule has 0 saturated carbocycles. The normalized spacial score (nSPS) is 9.89. The molecule has 2 aromatic rings. The molecule has 1 N–H and O–H groups in total. The highest BCUT2D eigenvalue weighted by molar-refractivity contribution is 6.02. The third kappa shape index (κ3) is 2.82. The Kier molecular flexibility index (Phi) is 3.52. The molecule has 1 heterocycles. The molecule has 0 bridgehead atoms. The van der Waals surface area contributed by atoms with Gasteiger partial charge in [0.25, 0.3) is 5.91 Å². The molecule has 1 amide bonds. The zero-order valence-electron chi connectivity index (χ0n) is 10.2. The Balaban J connectivity index is 2.08. The van der Waals surface area contributed by atoms with Gasteiger partial charge in [0.05, 0.1) is 12.8 Å². The predicted molar refractivity (Wildman–Crippen MR) is 67.7 cm³/mol. The van der Waals surface area contributed by atoms with E-state index in [0.29, 0.717) is 5.69 Å². The average molecular weight is 243 g/mol. The van der Waals surface area contributed by atoms with Gasteiger partial charge in [-0.2, -0.15) is 5.10 Å². The first-order valence-corrected chi connectivity index (χ1v) is 5.45. The van der Waals surface area contributed by atoms with Crippen LogP contribution in [0.4, 0.5) is 5.69 Å². The quantitative estimate of drug-likeness (QED) is 0.896. The number of rotatable bonds is 3. The third-order valence-corrected chi connectivity index (χ3v) is 2.38. The van der Waals surface area contributed by atoms with Gasteiger partial charge in [-0.05, 0) is 43.3 Å². The zero-order chi connectivity index (χ0) is 13.0. The molecule has 1 aromatic carbocycles. The summed E-state index contributed by atoms with van der Waals surface area (Å²) in [6.07, 6.45) is 0. The number of amides is 1. The van der Waals surface area contributed by atoms with Gasteiger partial charge < -0.3 is 10.1 Å². The molecule has 0 aliphatic carbocycles. The minimum Gasteiger partial charge on any atom is -0.497 e. The lowest BCUT2D eigenvalue weighted by atomic mass is 10.3. The number of aromatic nitrogens is 2. The van der Waals surface area contributed by atoms with Gasteiger partial charge in [0, 0.05) is 5.69 Å². The summed E-state index contributed by atoms with van der Waals surface area (Å²) in [6.45, 7) is 1.82. The second-order valence-electron chi connectivity index (χ2n) is 3.74. The van der Waals surface area contributed by atoms with Gasteiger partial charge in [-0.1, -0.05) is 0 Å². The summed E-state index contributed by atoms with van der Waals surface area (Å²) in [5, 5.41) is 10.4. The van der Waals surface area contributed by atoms with E-state index in [9.17, 15) is 4.79 Å². The molecule has 0 fully saturated rings. The van der Waals surface area contributed by atoms with Crippen LogP contribution in [0.1, 0.15) is 16.2 Å². The van der Waals surface area contributed by atoms with Crippen molar-refractivity contribution in [3.8, 4) is 5.75 Å². The SMILES string of the molecule is COc1ccc(NC(=O)c2ccc(C)nn2)cc1. The Hall–Kier alpha value is -2.43. The highest BCUT2D eigenvalue weighted by Gasteiger charge is 2.07. The van der Waals surface area contributed by atoms with Crippen LogP contribution < -0.4 is 10.1 Å². The Bertz CT molecular complexity index is 535. The third-order valence-electron chi connectivity index (χ3n) is 2.38. The minimum absolute atomic E-state index is 0.285. The van der Waals surface area contributed by atoms with Crippen molar-refractivity contribution in [1.82, 2.24) is 10.2 Å². The van der Waals surface area contributed by atoms with Crippen molar-refractivity contribution in [3.63, 3.8) is 0 Å². The molecule has 0 aliphatic rings. The number of aryl methyl sites for hydroxylation is 1. The number of nitrogens with one attached hydrogen (secondary N) is 1. The Labute approximate surface area is 105 Å². The summed E-state index contributed by atoms with van der Waals surface area (Å²) < 4.78 is 5.04. The zero-order valence-corrected chi connectivity index (χ0v) is 10.2. The van der Waals surface area contributed by atoms with Crippen molar-refractivity contribution < 1.29 is 9.53 Å². The molecular formula is C13H13N3O2.